The first-order chi connectivity index (χ1) is 5.56. The third-order valence-corrected chi connectivity index (χ3v) is 5.63. The van der Waals surface area contributed by atoms with Crippen molar-refractivity contribution in [2.24, 2.45) is 11.3 Å². The Labute approximate surface area is 84.2 Å². The fourth-order valence-electron chi connectivity index (χ4n) is 3.03. The molecule has 0 N–H and O–H groups in total. The number of alkyl halides is 1. The van der Waals surface area contributed by atoms with Crippen molar-refractivity contribution in [1.82, 2.24) is 0 Å². The van der Waals surface area contributed by atoms with Gasteiger partial charge in [0.05, 0.1) is 0 Å². The van der Waals surface area contributed by atoms with E-state index >= 15 is 0 Å². The Morgan fingerprint density at radius 3 is 1.67 bits per heavy atom. The average Bonchev–Trinajstić information content (AvgIpc) is 2.06. The lowest BCUT2D eigenvalue weighted by molar-refractivity contribution is 0.0383. The summed E-state index contributed by atoms with van der Waals surface area (Å²) in [5, 5.41) is 0. The van der Waals surface area contributed by atoms with Crippen molar-refractivity contribution >= 4 is 15.9 Å². The molecule has 3 aliphatic carbocycles. The minimum atomic E-state index is 0.559. The molecule has 3 fully saturated rings. The highest BCUT2D eigenvalue weighted by Crippen LogP contribution is 2.58. The van der Waals surface area contributed by atoms with Crippen LogP contribution >= 0.6 is 15.9 Å². The van der Waals surface area contributed by atoms with E-state index in [1.54, 1.807) is 0 Å². The van der Waals surface area contributed by atoms with E-state index in [-0.39, 0.29) is 0 Å². The number of hydrogen-bond donors (Lipinski definition) is 0. The minimum absolute atomic E-state index is 0.559. The second-order valence-electron chi connectivity index (χ2n) is 5.17. The van der Waals surface area contributed by atoms with Crippen molar-refractivity contribution < 1.29 is 0 Å². The van der Waals surface area contributed by atoms with E-state index in [1.165, 1.54) is 38.5 Å². The van der Waals surface area contributed by atoms with E-state index in [4.69, 9.17) is 0 Å². The highest BCUT2D eigenvalue weighted by atomic mass is 79.9. The Morgan fingerprint density at radius 1 is 0.917 bits per heavy atom. The number of fused-ring (bicyclic) bond motifs is 3. The molecule has 0 spiro atoms. The molecule has 3 rings (SSSR count). The molecule has 0 unspecified atom stereocenters. The van der Waals surface area contributed by atoms with Crippen molar-refractivity contribution in [2.75, 3.05) is 0 Å². The molecule has 0 aromatic rings. The van der Waals surface area contributed by atoms with E-state index in [0.717, 1.165) is 11.3 Å². The van der Waals surface area contributed by atoms with E-state index in [0.29, 0.717) is 4.32 Å². The molecule has 0 saturated heterocycles. The van der Waals surface area contributed by atoms with Gasteiger partial charge in [-0.25, -0.2) is 0 Å². The third kappa shape index (κ3) is 1.25. The first kappa shape index (κ1) is 9.05. The van der Waals surface area contributed by atoms with Gasteiger partial charge in [0, 0.05) is 4.32 Å². The highest BCUT2D eigenvalue weighted by molar-refractivity contribution is 9.10. The molecule has 0 nitrogen and oxygen atoms in total. The van der Waals surface area contributed by atoms with Gasteiger partial charge in [0.2, 0.25) is 0 Å². The van der Waals surface area contributed by atoms with Gasteiger partial charge in [0.1, 0.15) is 0 Å². The lowest BCUT2D eigenvalue weighted by Gasteiger charge is -2.53. The van der Waals surface area contributed by atoms with E-state index in [1.807, 2.05) is 0 Å². The van der Waals surface area contributed by atoms with Gasteiger partial charge in [0.15, 0.2) is 0 Å². The summed E-state index contributed by atoms with van der Waals surface area (Å²) in [4.78, 5) is 0. The van der Waals surface area contributed by atoms with Crippen molar-refractivity contribution in [2.45, 2.75) is 56.7 Å². The van der Waals surface area contributed by atoms with Gasteiger partial charge in [-0.1, -0.05) is 29.8 Å². The molecule has 2 bridgehead atoms. The zero-order valence-corrected chi connectivity index (χ0v) is 9.78. The summed E-state index contributed by atoms with van der Waals surface area (Å²) in [6.45, 7) is 4.82. The fourth-order valence-corrected chi connectivity index (χ4v) is 3.63. The van der Waals surface area contributed by atoms with E-state index in [9.17, 15) is 0 Å². The van der Waals surface area contributed by atoms with Gasteiger partial charge in [-0.15, -0.1) is 0 Å². The summed E-state index contributed by atoms with van der Waals surface area (Å²) in [6, 6.07) is 0. The molecule has 0 aromatic heterocycles. The van der Waals surface area contributed by atoms with Gasteiger partial charge in [-0.3, -0.25) is 0 Å². The van der Waals surface area contributed by atoms with Crippen LogP contribution in [0, 0.1) is 11.3 Å². The monoisotopic (exact) mass is 230 g/mol. The van der Waals surface area contributed by atoms with Crippen LogP contribution in [0.3, 0.4) is 0 Å². The molecule has 0 aromatic carbocycles. The number of hydrogen-bond acceptors (Lipinski definition) is 0. The largest absolute Gasteiger partial charge is 0.0853 e. The van der Waals surface area contributed by atoms with Crippen molar-refractivity contribution in [3.63, 3.8) is 0 Å². The summed E-state index contributed by atoms with van der Waals surface area (Å²) in [5.74, 6) is 0.898. The summed E-state index contributed by atoms with van der Waals surface area (Å²) in [6.07, 6.45) is 8.67. The third-order valence-electron chi connectivity index (χ3n) is 4.44. The van der Waals surface area contributed by atoms with E-state index in [2.05, 4.69) is 29.8 Å². The molecule has 0 atom stereocenters. The molecular weight excluding hydrogens is 212 g/mol. The molecule has 0 amide bonds. The normalized spacial score (nSPS) is 47.0. The maximum Gasteiger partial charge on any atom is 0.0258 e. The zero-order valence-electron chi connectivity index (χ0n) is 8.20. The van der Waals surface area contributed by atoms with Crippen LogP contribution in [0.5, 0.6) is 0 Å². The van der Waals surface area contributed by atoms with E-state index < -0.39 is 0 Å². The highest BCUT2D eigenvalue weighted by Gasteiger charge is 2.48. The van der Waals surface area contributed by atoms with Crippen LogP contribution in [0.1, 0.15) is 52.4 Å². The molecule has 0 aliphatic heterocycles. The molecule has 0 radical (unpaired) electrons. The van der Waals surface area contributed by atoms with Crippen LogP contribution in [0.25, 0.3) is 0 Å². The number of halogens is 1. The van der Waals surface area contributed by atoms with Crippen LogP contribution in [0.4, 0.5) is 0 Å². The standard InChI is InChI=1S/C11H19Br/c1-9(2)10-3-6-11(12,7-4-10)8-5-10/h9H,3-8H2,1-2H3. The Morgan fingerprint density at radius 2 is 1.33 bits per heavy atom. The predicted octanol–water partition coefficient (Wildman–Crippen LogP) is 4.13. The second kappa shape index (κ2) is 2.73. The summed E-state index contributed by atoms with van der Waals surface area (Å²) < 4.78 is 0.559. The Kier molecular flexibility index (Phi) is 2.06. The van der Waals surface area contributed by atoms with Crippen LogP contribution in [-0.4, -0.2) is 4.32 Å². The van der Waals surface area contributed by atoms with Gasteiger partial charge in [0.25, 0.3) is 0 Å². The summed E-state index contributed by atoms with van der Waals surface area (Å²) >= 11 is 3.91. The minimum Gasteiger partial charge on any atom is -0.0853 e. The summed E-state index contributed by atoms with van der Waals surface area (Å²) in [7, 11) is 0. The van der Waals surface area contributed by atoms with Crippen molar-refractivity contribution in [3.8, 4) is 0 Å². The Bertz CT molecular complexity index is 159. The Hall–Kier alpha value is 0.480. The molecule has 0 heterocycles. The topological polar surface area (TPSA) is 0 Å². The molecule has 3 aliphatic rings. The van der Waals surface area contributed by atoms with Crippen molar-refractivity contribution in [1.29, 1.82) is 0 Å². The average molecular weight is 231 g/mol. The van der Waals surface area contributed by atoms with Crippen LogP contribution < -0.4 is 0 Å². The number of rotatable bonds is 1. The maximum atomic E-state index is 3.91. The SMILES string of the molecule is CC(C)C12CCC(Br)(CC1)CC2. The summed E-state index contributed by atoms with van der Waals surface area (Å²) in [5.41, 5.74) is 0.732. The lowest BCUT2D eigenvalue weighted by atomic mass is 9.56. The Balaban J connectivity index is 2.14. The quantitative estimate of drug-likeness (QED) is 0.595. The lowest BCUT2D eigenvalue weighted by Crippen LogP contribution is -2.44. The second-order valence-corrected chi connectivity index (χ2v) is 6.85. The van der Waals surface area contributed by atoms with Gasteiger partial charge in [-0.2, -0.15) is 0 Å². The van der Waals surface area contributed by atoms with Crippen LogP contribution in [0.15, 0.2) is 0 Å². The van der Waals surface area contributed by atoms with Gasteiger partial charge >= 0.3 is 0 Å². The first-order valence-electron chi connectivity index (χ1n) is 5.25. The van der Waals surface area contributed by atoms with Crippen LogP contribution in [-0.2, 0) is 0 Å². The van der Waals surface area contributed by atoms with Crippen molar-refractivity contribution in [3.05, 3.63) is 0 Å². The molecule has 70 valence electrons. The molecule has 3 saturated carbocycles. The zero-order chi connectivity index (χ0) is 8.82. The maximum absolute atomic E-state index is 3.91. The fraction of sp³-hybridized carbons (Fsp3) is 1.00. The van der Waals surface area contributed by atoms with Crippen LogP contribution in [0.2, 0.25) is 0 Å². The van der Waals surface area contributed by atoms with Gasteiger partial charge < -0.3 is 0 Å². The first-order valence-corrected chi connectivity index (χ1v) is 6.05. The molecule has 12 heavy (non-hydrogen) atoms. The molecule has 1 heteroatoms. The predicted molar refractivity (Wildman–Crippen MR) is 56.6 cm³/mol. The van der Waals surface area contributed by atoms with Gasteiger partial charge in [-0.05, 0) is 49.9 Å². The molecular formula is C11H19Br. The smallest absolute Gasteiger partial charge is 0.0258 e.